The average Bonchev–Trinajstić information content (AvgIpc) is 3.81. The summed E-state index contributed by atoms with van der Waals surface area (Å²) >= 11 is 0. The Kier molecular flexibility index (Phi) is 7.38. The molecular weight excluding hydrogens is 737 g/mol. The van der Waals surface area contributed by atoms with E-state index in [1.165, 1.54) is 106 Å². The van der Waals surface area contributed by atoms with E-state index in [2.05, 4.69) is 229 Å². The van der Waals surface area contributed by atoms with Crippen LogP contribution in [0.1, 0.15) is 39.4 Å². The normalized spacial score (nSPS) is 18.2. The van der Waals surface area contributed by atoms with E-state index >= 15 is 0 Å². The highest BCUT2D eigenvalue weighted by atomic mass is 15.0. The van der Waals surface area contributed by atoms with Gasteiger partial charge in [-0.3, -0.25) is 0 Å². The Hall–Kier alpha value is -7.68. The van der Waals surface area contributed by atoms with Gasteiger partial charge in [-0.1, -0.05) is 194 Å². The van der Waals surface area contributed by atoms with Gasteiger partial charge in [0.2, 0.25) is 0 Å². The van der Waals surface area contributed by atoms with Crippen molar-refractivity contribution in [3.63, 3.8) is 0 Å². The van der Waals surface area contributed by atoms with Crippen molar-refractivity contribution in [1.29, 1.82) is 0 Å². The van der Waals surface area contributed by atoms with Gasteiger partial charge in [0.25, 0.3) is 0 Å². The predicted octanol–water partition coefficient (Wildman–Crippen LogP) is 13.5. The summed E-state index contributed by atoms with van der Waals surface area (Å²) in [7, 11) is 0. The van der Waals surface area contributed by atoms with E-state index in [0.717, 1.165) is 5.70 Å². The molecule has 3 aliphatic carbocycles. The van der Waals surface area contributed by atoms with Crippen molar-refractivity contribution in [1.82, 2.24) is 10.6 Å². The highest BCUT2D eigenvalue weighted by molar-refractivity contribution is 6.09. The summed E-state index contributed by atoms with van der Waals surface area (Å²) in [6.07, 6.45) is 13.5. The van der Waals surface area contributed by atoms with E-state index in [0.29, 0.717) is 0 Å². The Morgan fingerprint density at radius 1 is 0.443 bits per heavy atom. The summed E-state index contributed by atoms with van der Waals surface area (Å²) in [5.74, 6) is 0. The van der Waals surface area contributed by atoms with E-state index in [9.17, 15) is 0 Å². The number of allylic oxidation sites excluding steroid dienone is 5. The monoisotopic (exact) mass is 776 g/mol. The predicted molar refractivity (Wildman–Crippen MR) is 252 cm³/mol. The van der Waals surface area contributed by atoms with Crippen molar-refractivity contribution in [3.8, 4) is 44.5 Å². The maximum atomic E-state index is 3.96. The Morgan fingerprint density at radius 3 is 1.95 bits per heavy atom. The first kappa shape index (κ1) is 34.2. The number of rotatable bonds is 4. The summed E-state index contributed by atoms with van der Waals surface area (Å²) in [6, 6.07) is 67.9. The quantitative estimate of drug-likeness (QED) is 0.186. The molecule has 2 aliphatic heterocycles. The zero-order valence-electron chi connectivity index (χ0n) is 33.4. The Balaban J connectivity index is 0.964. The largest absolute Gasteiger partial charge is 0.376 e. The first-order chi connectivity index (χ1) is 30.2. The van der Waals surface area contributed by atoms with Crippen LogP contribution in [0.5, 0.6) is 0 Å². The molecule has 8 aromatic carbocycles. The summed E-state index contributed by atoms with van der Waals surface area (Å²) in [5.41, 5.74) is 22.4. The van der Waals surface area contributed by atoms with Crippen molar-refractivity contribution >= 4 is 16.5 Å². The van der Waals surface area contributed by atoms with Crippen molar-refractivity contribution in [2.75, 3.05) is 0 Å². The highest BCUT2D eigenvalue weighted by Crippen LogP contribution is 2.65. The second-order valence-electron chi connectivity index (χ2n) is 16.9. The first-order valence-electron chi connectivity index (χ1n) is 21.4. The molecule has 0 saturated carbocycles. The number of hydrogen-bond acceptors (Lipinski definition) is 2. The molecule has 0 radical (unpaired) electrons. The van der Waals surface area contributed by atoms with E-state index in [-0.39, 0.29) is 12.1 Å². The highest BCUT2D eigenvalue weighted by Gasteiger charge is 2.53. The van der Waals surface area contributed by atoms with E-state index in [1.54, 1.807) is 0 Å². The molecule has 61 heavy (non-hydrogen) atoms. The Morgan fingerprint density at radius 2 is 1.13 bits per heavy atom. The van der Waals surface area contributed by atoms with Gasteiger partial charge in [0.05, 0.1) is 17.5 Å². The van der Waals surface area contributed by atoms with Crippen molar-refractivity contribution in [2.24, 2.45) is 0 Å². The van der Waals surface area contributed by atoms with Crippen LogP contribution in [0, 0.1) is 0 Å². The van der Waals surface area contributed by atoms with Crippen LogP contribution >= 0.6 is 0 Å². The molecule has 0 aromatic heterocycles. The lowest BCUT2D eigenvalue weighted by Crippen LogP contribution is -2.42. The lowest BCUT2D eigenvalue weighted by Gasteiger charge is -2.36. The van der Waals surface area contributed by atoms with Crippen LogP contribution in [0.3, 0.4) is 0 Å². The van der Waals surface area contributed by atoms with E-state index in [4.69, 9.17) is 0 Å². The van der Waals surface area contributed by atoms with Crippen LogP contribution < -0.4 is 10.6 Å². The van der Waals surface area contributed by atoms with E-state index < -0.39 is 5.41 Å². The van der Waals surface area contributed by atoms with Gasteiger partial charge in [-0.2, -0.15) is 0 Å². The fraction of sp³-hybridized carbons (Fsp3) is 0.0508. The van der Waals surface area contributed by atoms with Gasteiger partial charge in [-0.15, -0.1) is 0 Å². The number of dihydropyridines is 2. The van der Waals surface area contributed by atoms with Gasteiger partial charge in [-0.05, 0) is 124 Å². The van der Waals surface area contributed by atoms with Crippen molar-refractivity contribution in [2.45, 2.75) is 17.5 Å². The molecular formula is C59H40N2. The molecule has 0 bridgehead atoms. The number of fused-ring (bicyclic) bond motifs is 14. The molecule has 2 unspecified atom stereocenters. The topological polar surface area (TPSA) is 24.1 Å². The number of nitrogens with one attached hydrogen (secondary N) is 2. The minimum Gasteiger partial charge on any atom is -0.376 e. The second kappa shape index (κ2) is 13.2. The van der Waals surface area contributed by atoms with Crippen LogP contribution in [0.4, 0.5) is 0 Å². The maximum absolute atomic E-state index is 3.96. The van der Waals surface area contributed by atoms with Crippen molar-refractivity contribution < 1.29 is 0 Å². The molecule has 2 nitrogen and oxygen atoms in total. The van der Waals surface area contributed by atoms with Gasteiger partial charge in [0, 0.05) is 11.4 Å². The SMILES string of the molecule is C1=CC2=C(NC(c3ccccc3)C=C2)C2NC(c3cccc(-c4ccc5c(c4)C4(c6ccccc6-c6ccccc64)c4c-5c(-c5ccccc5)cc5ccccc45)c3)=CC=C12. The van der Waals surface area contributed by atoms with Crippen LogP contribution in [0.15, 0.2) is 235 Å². The molecule has 0 fully saturated rings. The molecule has 0 amide bonds. The van der Waals surface area contributed by atoms with Gasteiger partial charge in [0.1, 0.15) is 0 Å². The standard InChI is InChI=1S/C59H40N2/c1-3-14-37(15-4-1)49-35-43-18-7-8-21-45(43)56-55(49)48-31-28-42(36-52(48)59(56)50-24-11-9-22-46(50)47-23-10-12-25-51(47)59)41-19-13-20-44(34-41)54-33-30-40-27-26-39-29-32-53(38-16-5-2-6-17-38)60-57(39)58(40)61-54/h1-36,53,58,60-61H. The summed E-state index contributed by atoms with van der Waals surface area (Å²) in [5, 5.41) is 10.4. The number of hydrogen-bond donors (Lipinski definition) is 2. The molecule has 2 atom stereocenters. The van der Waals surface area contributed by atoms with Gasteiger partial charge in [0.15, 0.2) is 0 Å². The van der Waals surface area contributed by atoms with Crippen LogP contribution in [0.25, 0.3) is 61.0 Å². The van der Waals surface area contributed by atoms with Crippen molar-refractivity contribution in [3.05, 3.63) is 269 Å². The third-order valence-electron chi connectivity index (χ3n) is 13.7. The Bertz CT molecular complexity index is 3260. The third-order valence-corrected chi connectivity index (χ3v) is 13.7. The third kappa shape index (κ3) is 4.97. The summed E-state index contributed by atoms with van der Waals surface area (Å²) in [6.45, 7) is 0. The lowest BCUT2D eigenvalue weighted by molar-refractivity contribution is 0.613. The average molecular weight is 777 g/mol. The summed E-state index contributed by atoms with van der Waals surface area (Å²) in [4.78, 5) is 0. The molecule has 2 heterocycles. The maximum Gasteiger partial charge on any atom is 0.0920 e. The smallest absolute Gasteiger partial charge is 0.0920 e. The van der Waals surface area contributed by atoms with Gasteiger partial charge < -0.3 is 10.6 Å². The first-order valence-corrected chi connectivity index (χ1v) is 21.4. The second-order valence-corrected chi connectivity index (χ2v) is 16.9. The minimum absolute atomic E-state index is 0.0364. The fourth-order valence-electron chi connectivity index (χ4n) is 11.1. The molecule has 2 N–H and O–H groups in total. The zero-order chi connectivity index (χ0) is 40.1. The molecule has 13 rings (SSSR count). The molecule has 286 valence electrons. The summed E-state index contributed by atoms with van der Waals surface area (Å²) < 4.78 is 0. The molecule has 1 spiro atoms. The van der Waals surface area contributed by atoms with Crippen LogP contribution in [-0.2, 0) is 5.41 Å². The fourth-order valence-corrected chi connectivity index (χ4v) is 11.1. The molecule has 0 saturated heterocycles. The van der Waals surface area contributed by atoms with Gasteiger partial charge in [-0.25, -0.2) is 0 Å². The lowest BCUT2D eigenvalue weighted by atomic mass is 9.69. The number of benzene rings is 8. The Labute approximate surface area is 356 Å². The van der Waals surface area contributed by atoms with Crippen LogP contribution in [0.2, 0.25) is 0 Å². The molecule has 2 heteroatoms. The molecule has 8 aromatic rings. The molecule has 5 aliphatic rings. The van der Waals surface area contributed by atoms with E-state index in [1.807, 2.05) is 0 Å². The minimum atomic E-state index is -0.497. The van der Waals surface area contributed by atoms with Gasteiger partial charge >= 0.3 is 0 Å². The zero-order valence-corrected chi connectivity index (χ0v) is 33.4. The van der Waals surface area contributed by atoms with Crippen LogP contribution in [-0.4, -0.2) is 6.04 Å².